The first-order chi connectivity index (χ1) is 12.2. The van der Waals surface area contributed by atoms with Crippen molar-refractivity contribution in [1.29, 1.82) is 0 Å². The summed E-state index contributed by atoms with van der Waals surface area (Å²) < 4.78 is 7.05. The van der Waals surface area contributed by atoms with Crippen LogP contribution in [0.5, 0.6) is 5.75 Å². The minimum absolute atomic E-state index is 0.0595. The van der Waals surface area contributed by atoms with Crippen molar-refractivity contribution in [1.82, 2.24) is 14.8 Å². The van der Waals surface area contributed by atoms with E-state index in [0.717, 1.165) is 21.8 Å². The van der Waals surface area contributed by atoms with Crippen molar-refractivity contribution in [3.8, 4) is 11.4 Å². The van der Waals surface area contributed by atoms with Crippen molar-refractivity contribution in [2.24, 2.45) is 0 Å². The highest BCUT2D eigenvalue weighted by Gasteiger charge is 2.11. The van der Waals surface area contributed by atoms with E-state index in [1.807, 2.05) is 34.9 Å². The fourth-order valence-corrected chi connectivity index (χ4v) is 3.49. The summed E-state index contributed by atoms with van der Waals surface area (Å²) in [5.74, 6) is 0.586. The first-order valence-corrected chi connectivity index (χ1v) is 8.53. The highest BCUT2D eigenvalue weighted by molar-refractivity contribution is 7.98. The summed E-state index contributed by atoms with van der Waals surface area (Å²) in [6, 6.07) is 16.0. The number of aromatic hydroxyl groups is 1. The Labute approximate surface area is 146 Å². The molecule has 0 amide bonds. The molecule has 0 aliphatic heterocycles. The highest BCUT2D eigenvalue weighted by Crippen LogP contribution is 2.28. The fraction of sp³-hybridized carbons (Fsp3) is 0.0556. The Kier molecular flexibility index (Phi) is 3.99. The van der Waals surface area contributed by atoms with E-state index in [-0.39, 0.29) is 5.75 Å². The topological polar surface area (TPSA) is 81.2 Å². The van der Waals surface area contributed by atoms with Crippen LogP contribution in [0.3, 0.4) is 0 Å². The van der Waals surface area contributed by atoms with Gasteiger partial charge < -0.3 is 9.52 Å². The number of hydrogen-bond acceptors (Lipinski definition) is 6. The maximum absolute atomic E-state index is 11.8. The number of nitrogens with zero attached hydrogens (tertiary/aromatic N) is 3. The molecule has 0 saturated carbocycles. The molecule has 0 unspecified atom stereocenters. The van der Waals surface area contributed by atoms with Gasteiger partial charge in [0, 0.05) is 29.0 Å². The Morgan fingerprint density at radius 2 is 1.96 bits per heavy atom. The number of aromatic nitrogens is 3. The Morgan fingerprint density at radius 1 is 1.12 bits per heavy atom. The Hall–Kier alpha value is -3.06. The van der Waals surface area contributed by atoms with Crippen molar-refractivity contribution in [2.75, 3.05) is 0 Å². The molecule has 0 aliphatic carbocycles. The maximum atomic E-state index is 11.8. The first-order valence-electron chi connectivity index (χ1n) is 7.55. The Bertz CT molecular complexity index is 1090. The zero-order valence-electron chi connectivity index (χ0n) is 13.0. The van der Waals surface area contributed by atoms with Crippen LogP contribution in [0.25, 0.3) is 16.7 Å². The van der Waals surface area contributed by atoms with E-state index in [4.69, 9.17) is 4.42 Å². The molecule has 0 aliphatic rings. The molecule has 2 aromatic carbocycles. The van der Waals surface area contributed by atoms with Gasteiger partial charge >= 0.3 is 5.63 Å². The number of benzene rings is 2. The van der Waals surface area contributed by atoms with Gasteiger partial charge in [0.1, 0.15) is 17.7 Å². The summed E-state index contributed by atoms with van der Waals surface area (Å²) in [4.78, 5) is 11.8. The molecule has 2 heterocycles. The highest BCUT2D eigenvalue weighted by atomic mass is 32.2. The predicted molar refractivity (Wildman–Crippen MR) is 95.1 cm³/mol. The van der Waals surface area contributed by atoms with Gasteiger partial charge in [0.2, 0.25) is 0 Å². The third-order valence-electron chi connectivity index (χ3n) is 3.72. The second-order valence-corrected chi connectivity index (χ2v) is 6.32. The van der Waals surface area contributed by atoms with E-state index < -0.39 is 5.63 Å². The summed E-state index contributed by atoms with van der Waals surface area (Å²) >= 11 is 1.48. The summed E-state index contributed by atoms with van der Waals surface area (Å²) in [5, 5.41) is 19.2. The van der Waals surface area contributed by atoms with E-state index in [0.29, 0.717) is 11.3 Å². The van der Waals surface area contributed by atoms with E-state index in [1.54, 1.807) is 18.5 Å². The van der Waals surface area contributed by atoms with Crippen LogP contribution >= 0.6 is 11.8 Å². The number of para-hydroxylation sites is 1. The van der Waals surface area contributed by atoms with E-state index >= 15 is 0 Å². The van der Waals surface area contributed by atoms with E-state index in [2.05, 4.69) is 10.2 Å². The van der Waals surface area contributed by atoms with Crippen LogP contribution in [0.15, 0.2) is 75.3 Å². The van der Waals surface area contributed by atoms with Crippen molar-refractivity contribution in [2.45, 2.75) is 10.9 Å². The molecule has 6 nitrogen and oxygen atoms in total. The molecule has 0 atom stereocenters. The van der Waals surface area contributed by atoms with Crippen LogP contribution in [0.2, 0.25) is 0 Å². The summed E-state index contributed by atoms with van der Waals surface area (Å²) in [7, 11) is 0. The minimum Gasteiger partial charge on any atom is -0.508 e. The van der Waals surface area contributed by atoms with Gasteiger partial charge in [-0.15, -0.1) is 10.2 Å². The molecule has 1 N–H and O–H groups in total. The molecule has 0 fully saturated rings. The molecule has 0 bridgehead atoms. The molecule has 25 heavy (non-hydrogen) atoms. The van der Waals surface area contributed by atoms with Gasteiger partial charge in [-0.2, -0.15) is 0 Å². The maximum Gasteiger partial charge on any atom is 0.336 e. The predicted octanol–water partition coefficient (Wildman–Crippen LogP) is 3.37. The van der Waals surface area contributed by atoms with Gasteiger partial charge in [0.25, 0.3) is 0 Å². The monoisotopic (exact) mass is 351 g/mol. The number of fused-ring (bicyclic) bond motifs is 1. The van der Waals surface area contributed by atoms with Crippen LogP contribution in [0, 0.1) is 0 Å². The number of rotatable bonds is 4. The lowest BCUT2D eigenvalue weighted by molar-refractivity contribution is 0.473. The van der Waals surface area contributed by atoms with Crippen molar-refractivity contribution in [3.63, 3.8) is 0 Å². The number of phenols is 1. The average Bonchev–Trinajstić information content (AvgIpc) is 3.08. The van der Waals surface area contributed by atoms with E-state index in [1.165, 1.54) is 23.9 Å². The van der Waals surface area contributed by atoms with E-state index in [9.17, 15) is 9.90 Å². The van der Waals surface area contributed by atoms with Gasteiger partial charge in [0.15, 0.2) is 5.16 Å². The lowest BCUT2D eigenvalue weighted by Crippen LogP contribution is -2.00. The summed E-state index contributed by atoms with van der Waals surface area (Å²) in [6.07, 6.45) is 1.66. The summed E-state index contributed by atoms with van der Waals surface area (Å²) in [5.41, 5.74) is 1.71. The normalized spacial score (nSPS) is 11.0. The molecule has 124 valence electrons. The molecule has 7 heteroatoms. The number of hydrogen-bond donors (Lipinski definition) is 1. The third kappa shape index (κ3) is 3.14. The minimum atomic E-state index is -0.446. The van der Waals surface area contributed by atoms with Gasteiger partial charge in [0.05, 0.1) is 0 Å². The van der Waals surface area contributed by atoms with Crippen molar-refractivity contribution in [3.05, 3.63) is 76.9 Å². The second kappa shape index (κ2) is 6.45. The second-order valence-electron chi connectivity index (χ2n) is 5.38. The summed E-state index contributed by atoms with van der Waals surface area (Å²) in [6.45, 7) is 0. The lowest BCUT2D eigenvalue weighted by atomic mass is 10.1. The zero-order chi connectivity index (χ0) is 17.2. The third-order valence-corrected chi connectivity index (χ3v) is 4.71. The van der Waals surface area contributed by atoms with Crippen LogP contribution in [-0.2, 0) is 5.75 Å². The standard InChI is InChI=1S/C18H13N3O3S/c22-14-6-7-15-12(8-17(23)24-16(15)9-14)10-25-18-20-19-11-21(18)13-4-2-1-3-5-13/h1-9,11,22H,10H2. The molecule has 2 aromatic heterocycles. The average molecular weight is 351 g/mol. The molecule has 0 radical (unpaired) electrons. The largest absolute Gasteiger partial charge is 0.508 e. The molecule has 0 saturated heterocycles. The van der Waals surface area contributed by atoms with Crippen molar-refractivity contribution < 1.29 is 9.52 Å². The SMILES string of the molecule is O=c1cc(CSc2nncn2-c2ccccc2)c2ccc(O)cc2o1. The van der Waals surface area contributed by atoms with Gasteiger partial charge in [-0.1, -0.05) is 30.0 Å². The first kappa shape index (κ1) is 15.5. The Morgan fingerprint density at radius 3 is 2.80 bits per heavy atom. The molecular formula is C18H13N3O3S. The number of phenolic OH excluding ortho intramolecular Hbond substituents is 1. The zero-order valence-corrected chi connectivity index (χ0v) is 13.8. The van der Waals surface area contributed by atoms with Crippen LogP contribution in [0.1, 0.15) is 5.56 Å². The number of thioether (sulfide) groups is 1. The van der Waals surface area contributed by atoms with Crippen LogP contribution in [0.4, 0.5) is 0 Å². The molecule has 4 rings (SSSR count). The molecule has 0 spiro atoms. The van der Waals surface area contributed by atoms with Gasteiger partial charge in [-0.05, 0) is 29.8 Å². The van der Waals surface area contributed by atoms with Gasteiger partial charge in [-0.25, -0.2) is 4.79 Å². The van der Waals surface area contributed by atoms with Crippen LogP contribution < -0.4 is 5.63 Å². The Balaban J connectivity index is 1.66. The van der Waals surface area contributed by atoms with Crippen molar-refractivity contribution >= 4 is 22.7 Å². The smallest absolute Gasteiger partial charge is 0.336 e. The lowest BCUT2D eigenvalue weighted by Gasteiger charge is -2.07. The molecular weight excluding hydrogens is 338 g/mol. The fourth-order valence-electron chi connectivity index (χ4n) is 2.57. The quantitative estimate of drug-likeness (QED) is 0.448. The van der Waals surface area contributed by atoms with Crippen LogP contribution in [-0.4, -0.2) is 19.9 Å². The van der Waals surface area contributed by atoms with Gasteiger partial charge in [-0.3, -0.25) is 4.57 Å². The molecule has 4 aromatic rings.